The summed E-state index contributed by atoms with van der Waals surface area (Å²) in [7, 11) is 1.73. The molecule has 13 heavy (non-hydrogen) atoms. The van der Waals surface area contributed by atoms with E-state index in [0.29, 0.717) is 0 Å². The molecule has 0 radical (unpaired) electrons. The minimum absolute atomic E-state index is 0.0610. The Morgan fingerprint density at radius 1 is 1.38 bits per heavy atom. The molecule has 0 unspecified atom stereocenters. The van der Waals surface area contributed by atoms with E-state index in [2.05, 4.69) is 5.23 Å². The molecule has 0 spiro atoms. The van der Waals surface area contributed by atoms with Crippen molar-refractivity contribution in [2.24, 2.45) is 0 Å². The van der Waals surface area contributed by atoms with E-state index in [1.165, 1.54) is 0 Å². The van der Waals surface area contributed by atoms with Gasteiger partial charge in [0, 0.05) is 13.2 Å². The third-order valence-corrected chi connectivity index (χ3v) is 2.13. The van der Waals surface area contributed by atoms with Gasteiger partial charge in [-0.15, -0.1) is 0 Å². The molecule has 0 bridgehead atoms. The van der Waals surface area contributed by atoms with Crippen LogP contribution in [0, 0.1) is 0 Å². The largest absolute Gasteiger partial charge is 0.497 e. The predicted octanol–water partition coefficient (Wildman–Crippen LogP) is 0.0102. The van der Waals surface area contributed by atoms with Gasteiger partial charge in [-0.05, 0) is 17.6 Å². The summed E-state index contributed by atoms with van der Waals surface area (Å²) in [6.07, 6.45) is 0. The van der Waals surface area contributed by atoms with Crippen molar-refractivity contribution < 1.29 is 9.39 Å². The molecule has 1 aliphatic rings. The van der Waals surface area contributed by atoms with Crippen LogP contribution in [0.2, 0.25) is 0 Å². The van der Waals surface area contributed by atoms with Crippen LogP contribution in [0.1, 0.15) is 0 Å². The molecule has 1 aromatic carbocycles. The van der Waals surface area contributed by atoms with Crippen LogP contribution in [0.25, 0.3) is 0 Å². The van der Waals surface area contributed by atoms with Crippen molar-refractivity contribution >= 4 is 12.5 Å². The van der Waals surface area contributed by atoms with Crippen molar-refractivity contribution in [2.75, 3.05) is 20.3 Å². The van der Waals surface area contributed by atoms with Gasteiger partial charge in [-0.1, -0.05) is 12.1 Å². The summed E-state index contributed by atoms with van der Waals surface area (Å²) in [6, 6.07) is 7.92. The zero-order valence-electron chi connectivity index (χ0n) is 7.62. The summed E-state index contributed by atoms with van der Waals surface area (Å²) in [5.41, 5.74) is 1.15. The molecule has 1 aliphatic heterocycles. The highest BCUT2D eigenvalue weighted by atomic mass is 16.5. The van der Waals surface area contributed by atoms with Crippen LogP contribution >= 0.6 is 0 Å². The molecule has 1 saturated heterocycles. The zero-order valence-corrected chi connectivity index (χ0v) is 7.62. The Bertz CT molecular complexity index is 269. The van der Waals surface area contributed by atoms with Gasteiger partial charge in [-0.3, -0.25) is 0 Å². The Morgan fingerprint density at radius 3 is 2.69 bits per heavy atom. The van der Waals surface area contributed by atoms with Crippen molar-refractivity contribution in [2.45, 2.75) is 0 Å². The predicted molar refractivity (Wildman–Crippen MR) is 52.3 cm³/mol. The Hall–Kier alpha value is -0.995. The monoisotopic (exact) mass is 177 g/mol. The number of hydrogen-bond acceptors (Lipinski definition) is 3. The van der Waals surface area contributed by atoms with Gasteiger partial charge < -0.3 is 14.6 Å². The van der Waals surface area contributed by atoms with Gasteiger partial charge >= 0.3 is 7.05 Å². The second-order valence-corrected chi connectivity index (χ2v) is 2.98. The van der Waals surface area contributed by atoms with E-state index in [9.17, 15) is 0 Å². The first-order chi connectivity index (χ1) is 6.40. The maximum absolute atomic E-state index is 5.46. The lowest BCUT2D eigenvalue weighted by Gasteiger charge is -2.05. The Balaban J connectivity index is 2.12. The Labute approximate surface area is 78.2 Å². The fourth-order valence-electron chi connectivity index (χ4n) is 1.42. The summed E-state index contributed by atoms with van der Waals surface area (Å²) < 4.78 is 10.5. The molecule has 0 amide bonds. The van der Waals surface area contributed by atoms with Gasteiger partial charge in [-0.25, -0.2) is 0 Å². The van der Waals surface area contributed by atoms with E-state index < -0.39 is 0 Å². The fourth-order valence-corrected chi connectivity index (χ4v) is 1.42. The number of methoxy groups -OCH3 is 1. The van der Waals surface area contributed by atoms with E-state index in [-0.39, 0.29) is 7.05 Å². The summed E-state index contributed by atoms with van der Waals surface area (Å²) in [4.78, 5) is 0. The average Bonchev–Trinajstić information content (AvgIpc) is 2.71. The molecule has 1 N–H and O–H groups in total. The minimum atomic E-state index is 0.0610. The maximum atomic E-state index is 5.46. The standard InChI is InChI=1S/C9H12BNO2/c1-12-9-4-2-8(3-5-9)10-11-6-7-13-10/h2-5,11H,6-7H2,1H3. The number of hydrogen-bond donors (Lipinski definition) is 1. The lowest BCUT2D eigenvalue weighted by atomic mass is 9.74. The number of rotatable bonds is 2. The van der Waals surface area contributed by atoms with E-state index in [1.807, 2.05) is 24.3 Å². The van der Waals surface area contributed by atoms with Crippen LogP contribution in [0.15, 0.2) is 24.3 Å². The number of benzene rings is 1. The molecule has 4 heteroatoms. The number of ether oxygens (including phenoxy) is 1. The molecular formula is C9H12BNO2. The molecule has 0 aromatic heterocycles. The average molecular weight is 177 g/mol. The van der Waals surface area contributed by atoms with Crippen molar-refractivity contribution in [1.29, 1.82) is 0 Å². The molecule has 0 atom stereocenters. The second-order valence-electron chi connectivity index (χ2n) is 2.98. The molecular weight excluding hydrogens is 165 g/mol. The van der Waals surface area contributed by atoms with Gasteiger partial charge in [0.25, 0.3) is 0 Å². The lowest BCUT2D eigenvalue weighted by molar-refractivity contribution is 0.376. The molecule has 3 nitrogen and oxygen atoms in total. The van der Waals surface area contributed by atoms with Crippen LogP contribution in [0.3, 0.4) is 0 Å². The molecule has 2 rings (SSSR count). The third-order valence-electron chi connectivity index (χ3n) is 2.13. The number of nitrogens with one attached hydrogen (secondary N) is 1. The van der Waals surface area contributed by atoms with Crippen molar-refractivity contribution in [3.05, 3.63) is 24.3 Å². The van der Waals surface area contributed by atoms with E-state index in [4.69, 9.17) is 9.39 Å². The summed E-state index contributed by atoms with van der Waals surface area (Å²) in [5, 5.41) is 3.25. The van der Waals surface area contributed by atoms with Crippen molar-refractivity contribution in [1.82, 2.24) is 5.23 Å². The van der Waals surface area contributed by atoms with Crippen LogP contribution in [0.5, 0.6) is 5.75 Å². The van der Waals surface area contributed by atoms with E-state index >= 15 is 0 Å². The van der Waals surface area contributed by atoms with Gasteiger partial charge in [0.2, 0.25) is 0 Å². The SMILES string of the molecule is COc1ccc(B2NCCO2)cc1. The zero-order chi connectivity index (χ0) is 9.10. The smallest absolute Gasteiger partial charge is 0.415 e. The van der Waals surface area contributed by atoms with Crippen LogP contribution in [-0.4, -0.2) is 27.3 Å². The normalized spacial score (nSPS) is 16.2. The molecule has 68 valence electrons. The summed E-state index contributed by atoms with van der Waals surface area (Å²) in [6.45, 7) is 1.72. The molecule has 1 heterocycles. The van der Waals surface area contributed by atoms with Gasteiger partial charge in [0.1, 0.15) is 5.75 Å². The van der Waals surface area contributed by atoms with E-state index in [1.54, 1.807) is 7.11 Å². The summed E-state index contributed by atoms with van der Waals surface area (Å²) >= 11 is 0. The molecule has 1 fully saturated rings. The second kappa shape index (κ2) is 3.81. The van der Waals surface area contributed by atoms with Crippen LogP contribution in [0.4, 0.5) is 0 Å². The highest BCUT2D eigenvalue weighted by molar-refractivity contribution is 6.65. The van der Waals surface area contributed by atoms with Gasteiger partial charge in [-0.2, -0.15) is 0 Å². The van der Waals surface area contributed by atoms with Gasteiger partial charge in [0.05, 0.1) is 7.11 Å². The van der Waals surface area contributed by atoms with E-state index in [0.717, 1.165) is 24.4 Å². The first-order valence-electron chi connectivity index (χ1n) is 4.39. The molecule has 1 aromatic rings. The maximum Gasteiger partial charge on any atom is 0.415 e. The van der Waals surface area contributed by atoms with Crippen molar-refractivity contribution in [3.8, 4) is 5.75 Å². The highest BCUT2D eigenvalue weighted by Crippen LogP contribution is 2.06. The third kappa shape index (κ3) is 1.84. The topological polar surface area (TPSA) is 30.5 Å². The molecule has 0 saturated carbocycles. The lowest BCUT2D eigenvalue weighted by Crippen LogP contribution is -2.41. The van der Waals surface area contributed by atoms with Gasteiger partial charge in [0.15, 0.2) is 0 Å². The van der Waals surface area contributed by atoms with Crippen LogP contribution in [-0.2, 0) is 4.65 Å². The first kappa shape index (κ1) is 8.60. The Kier molecular flexibility index (Phi) is 2.52. The quantitative estimate of drug-likeness (QED) is 0.645. The highest BCUT2D eigenvalue weighted by Gasteiger charge is 2.22. The first-order valence-corrected chi connectivity index (χ1v) is 4.39. The fraction of sp³-hybridized carbons (Fsp3) is 0.333. The minimum Gasteiger partial charge on any atom is -0.497 e. The molecule has 0 aliphatic carbocycles. The summed E-state index contributed by atoms with van der Waals surface area (Å²) in [5.74, 6) is 0.877. The van der Waals surface area contributed by atoms with Crippen LogP contribution < -0.4 is 15.4 Å². The Morgan fingerprint density at radius 2 is 2.15 bits per heavy atom. The van der Waals surface area contributed by atoms with Crippen molar-refractivity contribution in [3.63, 3.8) is 0 Å².